The van der Waals surface area contributed by atoms with Crippen LogP contribution < -0.4 is 11.5 Å². The molecule has 1 atom stereocenters. The lowest BCUT2D eigenvalue weighted by Crippen LogP contribution is -2.13. The predicted molar refractivity (Wildman–Crippen MR) is 122 cm³/mol. The van der Waals surface area contributed by atoms with Gasteiger partial charge in [-0.1, -0.05) is 60.2 Å². The van der Waals surface area contributed by atoms with E-state index in [1.165, 1.54) is 5.56 Å². The number of rotatable bonds is 6. The van der Waals surface area contributed by atoms with Gasteiger partial charge in [0.1, 0.15) is 0 Å². The minimum atomic E-state index is -0.0721. The van der Waals surface area contributed by atoms with Crippen LogP contribution in [0.4, 0.5) is 5.95 Å². The van der Waals surface area contributed by atoms with E-state index in [4.69, 9.17) is 11.5 Å². The van der Waals surface area contributed by atoms with Crippen LogP contribution in [0, 0.1) is 6.92 Å². The van der Waals surface area contributed by atoms with Gasteiger partial charge in [-0.2, -0.15) is 0 Å². The number of hydrogen-bond acceptors (Lipinski definition) is 5. The van der Waals surface area contributed by atoms with E-state index in [2.05, 4.69) is 58.3 Å². The molecule has 4 rings (SSSR count). The Labute approximate surface area is 176 Å². The van der Waals surface area contributed by atoms with Crippen LogP contribution in [-0.4, -0.2) is 15.0 Å². The topological polar surface area (TPSA) is 90.7 Å². The Hall–Kier alpha value is -3.57. The van der Waals surface area contributed by atoms with Gasteiger partial charge in [0.05, 0.1) is 11.4 Å². The zero-order chi connectivity index (χ0) is 20.9. The fourth-order valence-corrected chi connectivity index (χ4v) is 3.69. The summed E-state index contributed by atoms with van der Waals surface area (Å²) < 4.78 is 0. The van der Waals surface area contributed by atoms with Crippen LogP contribution in [0.25, 0.3) is 22.4 Å². The van der Waals surface area contributed by atoms with Gasteiger partial charge in [0.15, 0.2) is 0 Å². The third kappa shape index (κ3) is 4.36. The molecule has 5 nitrogen and oxygen atoms in total. The first kappa shape index (κ1) is 19.7. The Morgan fingerprint density at radius 1 is 0.867 bits per heavy atom. The number of aromatic nitrogens is 3. The molecule has 0 amide bonds. The number of benzene rings is 2. The van der Waals surface area contributed by atoms with E-state index in [0.717, 1.165) is 40.1 Å². The Morgan fingerprint density at radius 3 is 2.37 bits per heavy atom. The Kier molecular flexibility index (Phi) is 5.82. The zero-order valence-electron chi connectivity index (χ0n) is 17.0. The molecule has 0 saturated heterocycles. The van der Waals surface area contributed by atoms with Crippen LogP contribution in [0.2, 0.25) is 0 Å². The fourth-order valence-electron chi connectivity index (χ4n) is 3.69. The van der Waals surface area contributed by atoms with E-state index in [-0.39, 0.29) is 12.0 Å². The summed E-state index contributed by atoms with van der Waals surface area (Å²) in [5.41, 5.74) is 19.6. The largest absolute Gasteiger partial charge is 0.368 e. The summed E-state index contributed by atoms with van der Waals surface area (Å²) in [4.78, 5) is 13.4. The quantitative estimate of drug-likeness (QED) is 0.492. The van der Waals surface area contributed by atoms with Crippen molar-refractivity contribution in [2.45, 2.75) is 25.8 Å². The summed E-state index contributed by atoms with van der Waals surface area (Å²) in [5.74, 6) is 0.265. The van der Waals surface area contributed by atoms with Gasteiger partial charge in [-0.3, -0.25) is 4.98 Å². The molecule has 0 aliphatic rings. The maximum absolute atomic E-state index is 6.46. The van der Waals surface area contributed by atoms with Crippen molar-refractivity contribution in [3.8, 4) is 22.4 Å². The number of nitrogens with two attached hydrogens (primary N) is 2. The van der Waals surface area contributed by atoms with Crippen LogP contribution in [0.3, 0.4) is 0 Å². The number of hydrogen-bond donors (Lipinski definition) is 2. The van der Waals surface area contributed by atoms with Crippen LogP contribution >= 0.6 is 0 Å². The highest BCUT2D eigenvalue weighted by Crippen LogP contribution is 2.35. The van der Waals surface area contributed by atoms with Gasteiger partial charge in [0.25, 0.3) is 0 Å². The van der Waals surface area contributed by atoms with Crippen molar-refractivity contribution in [2.24, 2.45) is 5.73 Å². The van der Waals surface area contributed by atoms with Crippen molar-refractivity contribution in [1.82, 2.24) is 15.0 Å². The Bertz CT molecular complexity index is 1130. The Morgan fingerprint density at radius 2 is 1.63 bits per heavy atom. The lowest BCUT2D eigenvalue weighted by Gasteiger charge is -2.17. The van der Waals surface area contributed by atoms with Gasteiger partial charge in [-0.25, -0.2) is 9.97 Å². The molecular weight excluding hydrogens is 370 g/mol. The number of nitrogen functional groups attached to an aromatic ring is 1. The molecule has 5 heteroatoms. The van der Waals surface area contributed by atoms with E-state index in [1.54, 1.807) is 12.4 Å². The Balaban J connectivity index is 1.78. The standard InChI is InChI=1S/C25H25N5/c1-17-6-5-9-20(16-17)23-22(11-10-21(26)18-7-3-2-4-8-18)29-25(27)30-24(23)19-12-14-28-15-13-19/h2-9,12-16,21H,10-11,26H2,1H3,(H2,27,29,30). The lowest BCUT2D eigenvalue weighted by atomic mass is 9.93. The molecule has 1 unspecified atom stereocenters. The van der Waals surface area contributed by atoms with Crippen molar-refractivity contribution >= 4 is 5.95 Å². The highest BCUT2D eigenvalue weighted by molar-refractivity contribution is 5.83. The van der Waals surface area contributed by atoms with Crippen LogP contribution in [0.1, 0.15) is 29.3 Å². The highest BCUT2D eigenvalue weighted by atomic mass is 15.0. The summed E-state index contributed by atoms with van der Waals surface area (Å²) in [6.07, 6.45) is 4.98. The van der Waals surface area contributed by atoms with Gasteiger partial charge in [0.2, 0.25) is 5.95 Å². The molecule has 2 aromatic carbocycles. The van der Waals surface area contributed by atoms with Crippen molar-refractivity contribution in [1.29, 1.82) is 0 Å². The predicted octanol–water partition coefficient (Wildman–Crippen LogP) is 4.73. The van der Waals surface area contributed by atoms with Crippen LogP contribution in [0.15, 0.2) is 79.1 Å². The number of pyridine rings is 1. The summed E-state index contributed by atoms with van der Waals surface area (Å²) in [7, 11) is 0. The normalized spacial score (nSPS) is 11.9. The summed E-state index contributed by atoms with van der Waals surface area (Å²) in [5, 5.41) is 0. The van der Waals surface area contributed by atoms with E-state index < -0.39 is 0 Å². The average Bonchev–Trinajstić information content (AvgIpc) is 2.78. The average molecular weight is 396 g/mol. The zero-order valence-corrected chi connectivity index (χ0v) is 17.0. The van der Waals surface area contributed by atoms with Crippen molar-refractivity contribution in [2.75, 3.05) is 5.73 Å². The number of anilines is 1. The summed E-state index contributed by atoms with van der Waals surface area (Å²) >= 11 is 0. The molecule has 2 aromatic heterocycles. The molecule has 30 heavy (non-hydrogen) atoms. The first-order valence-electron chi connectivity index (χ1n) is 10.1. The molecular formula is C25H25N5. The minimum Gasteiger partial charge on any atom is -0.368 e. The van der Waals surface area contributed by atoms with Crippen molar-refractivity contribution in [3.63, 3.8) is 0 Å². The highest BCUT2D eigenvalue weighted by Gasteiger charge is 2.18. The molecule has 4 N–H and O–H groups in total. The molecule has 2 heterocycles. The van der Waals surface area contributed by atoms with E-state index in [0.29, 0.717) is 6.42 Å². The van der Waals surface area contributed by atoms with Crippen LogP contribution in [0.5, 0.6) is 0 Å². The molecule has 0 aliphatic heterocycles. The third-order valence-corrected chi connectivity index (χ3v) is 5.18. The second-order valence-corrected chi connectivity index (χ2v) is 7.41. The molecule has 4 aromatic rings. The van der Waals surface area contributed by atoms with Crippen molar-refractivity contribution < 1.29 is 0 Å². The van der Waals surface area contributed by atoms with Gasteiger partial charge in [-0.15, -0.1) is 0 Å². The van der Waals surface area contributed by atoms with E-state index in [1.807, 2.05) is 30.3 Å². The minimum absolute atomic E-state index is 0.0721. The van der Waals surface area contributed by atoms with Gasteiger partial charge >= 0.3 is 0 Å². The molecule has 0 saturated carbocycles. The third-order valence-electron chi connectivity index (χ3n) is 5.18. The molecule has 0 bridgehead atoms. The van der Waals surface area contributed by atoms with Crippen molar-refractivity contribution in [3.05, 3.63) is 95.9 Å². The monoisotopic (exact) mass is 395 g/mol. The number of aryl methyl sites for hydroxylation is 2. The first-order chi connectivity index (χ1) is 14.6. The maximum atomic E-state index is 6.46. The van der Waals surface area contributed by atoms with Crippen LogP contribution in [-0.2, 0) is 6.42 Å². The molecule has 0 spiro atoms. The first-order valence-corrected chi connectivity index (χ1v) is 10.1. The lowest BCUT2D eigenvalue weighted by molar-refractivity contribution is 0.644. The van der Waals surface area contributed by atoms with Gasteiger partial charge in [-0.05, 0) is 43.0 Å². The summed E-state index contributed by atoms with van der Waals surface area (Å²) in [6, 6.07) is 22.3. The second-order valence-electron chi connectivity index (χ2n) is 7.41. The van der Waals surface area contributed by atoms with E-state index >= 15 is 0 Å². The molecule has 0 aliphatic carbocycles. The maximum Gasteiger partial charge on any atom is 0.220 e. The SMILES string of the molecule is Cc1cccc(-c2c(CCC(N)c3ccccc3)nc(N)nc2-c2ccncc2)c1. The fraction of sp³-hybridized carbons (Fsp3) is 0.160. The number of nitrogens with zero attached hydrogens (tertiary/aromatic N) is 3. The second kappa shape index (κ2) is 8.84. The smallest absolute Gasteiger partial charge is 0.220 e. The van der Waals surface area contributed by atoms with Gasteiger partial charge in [0, 0.05) is 29.6 Å². The summed E-state index contributed by atoms with van der Waals surface area (Å²) in [6.45, 7) is 2.08. The molecule has 150 valence electrons. The molecule has 0 fully saturated rings. The van der Waals surface area contributed by atoms with E-state index in [9.17, 15) is 0 Å². The molecule has 0 radical (unpaired) electrons. The van der Waals surface area contributed by atoms with Gasteiger partial charge < -0.3 is 11.5 Å².